The van der Waals surface area contributed by atoms with Crippen molar-refractivity contribution in [2.24, 2.45) is 17.3 Å². The first-order chi connectivity index (χ1) is 11.0. The van der Waals surface area contributed by atoms with Crippen LogP contribution in [-0.4, -0.2) is 5.97 Å². The van der Waals surface area contributed by atoms with Crippen molar-refractivity contribution in [3.63, 3.8) is 0 Å². The number of allylic oxidation sites excluding steroid dienone is 2. The van der Waals surface area contributed by atoms with Gasteiger partial charge in [-0.1, -0.05) is 25.5 Å². The molecule has 0 radical (unpaired) electrons. The van der Waals surface area contributed by atoms with Crippen LogP contribution in [0.5, 0.6) is 0 Å². The Morgan fingerprint density at radius 1 is 0.958 bits per heavy atom. The molecule has 2 atom stereocenters. The highest BCUT2D eigenvalue weighted by Crippen LogP contribution is 2.59. The molecular formula is C22H32O2. The van der Waals surface area contributed by atoms with Gasteiger partial charge in [0.05, 0.1) is 5.92 Å². The molecule has 0 spiro atoms. The molecule has 0 unspecified atom stereocenters. The van der Waals surface area contributed by atoms with E-state index in [0.29, 0.717) is 12.5 Å². The molecule has 0 heterocycles. The number of benzene rings is 1. The SMILES string of the molecule is CC(C)=C[C@@H]1[C@@H](C(=O)OCc2c(C)c(C)c(C)c(C)c2C)C1(C)C. The molecule has 2 rings (SSSR count). The number of rotatable bonds is 4. The Labute approximate surface area is 147 Å². The van der Waals surface area contributed by atoms with Crippen molar-refractivity contribution in [3.8, 4) is 0 Å². The van der Waals surface area contributed by atoms with Crippen LogP contribution in [0.4, 0.5) is 0 Å². The molecule has 0 saturated heterocycles. The summed E-state index contributed by atoms with van der Waals surface area (Å²) in [6.07, 6.45) is 2.21. The van der Waals surface area contributed by atoms with Gasteiger partial charge in [0.2, 0.25) is 0 Å². The van der Waals surface area contributed by atoms with Gasteiger partial charge in [-0.05, 0) is 93.2 Å². The molecule has 1 aromatic carbocycles. The largest absolute Gasteiger partial charge is 0.461 e. The standard InChI is InChI=1S/C22H32O2/c1-12(2)10-19-20(22(19,8)9)21(23)24-11-18-16(6)14(4)13(3)15(5)17(18)7/h10,19-20H,11H2,1-9H3/t19-,20+/m1/s1. The van der Waals surface area contributed by atoms with E-state index in [2.05, 4.69) is 68.4 Å². The first kappa shape index (κ1) is 18.8. The van der Waals surface area contributed by atoms with E-state index in [1.807, 2.05) is 0 Å². The minimum atomic E-state index is -0.0582. The van der Waals surface area contributed by atoms with Crippen molar-refractivity contribution in [1.82, 2.24) is 0 Å². The second-order valence-electron chi connectivity index (χ2n) is 8.28. The molecule has 0 aromatic heterocycles. The highest BCUT2D eigenvalue weighted by molar-refractivity contribution is 5.78. The Bertz CT molecular complexity index is 674. The fraction of sp³-hybridized carbons (Fsp3) is 0.591. The summed E-state index contributed by atoms with van der Waals surface area (Å²) in [6.45, 7) is 19.6. The average molecular weight is 328 g/mol. The van der Waals surface area contributed by atoms with Crippen molar-refractivity contribution in [1.29, 1.82) is 0 Å². The fourth-order valence-corrected chi connectivity index (χ4v) is 3.83. The van der Waals surface area contributed by atoms with Crippen molar-refractivity contribution >= 4 is 5.97 Å². The van der Waals surface area contributed by atoms with Crippen LogP contribution in [0.3, 0.4) is 0 Å². The van der Waals surface area contributed by atoms with Crippen LogP contribution >= 0.6 is 0 Å². The zero-order chi connectivity index (χ0) is 18.4. The number of ether oxygens (including phenoxy) is 1. The first-order valence-corrected chi connectivity index (χ1v) is 8.87. The first-order valence-electron chi connectivity index (χ1n) is 8.87. The lowest BCUT2D eigenvalue weighted by Gasteiger charge is -2.18. The maximum atomic E-state index is 12.6. The molecule has 1 fully saturated rings. The lowest BCUT2D eigenvalue weighted by Crippen LogP contribution is -2.13. The Morgan fingerprint density at radius 2 is 1.42 bits per heavy atom. The summed E-state index contributed by atoms with van der Waals surface area (Å²) in [7, 11) is 0. The highest BCUT2D eigenvalue weighted by atomic mass is 16.5. The molecule has 1 aliphatic carbocycles. The van der Waals surface area contributed by atoms with Gasteiger partial charge in [0, 0.05) is 0 Å². The summed E-state index contributed by atoms with van der Waals surface area (Å²) in [4.78, 5) is 12.6. The van der Waals surface area contributed by atoms with Crippen molar-refractivity contribution in [3.05, 3.63) is 45.0 Å². The molecular weight excluding hydrogens is 296 g/mol. The van der Waals surface area contributed by atoms with Gasteiger partial charge in [-0.15, -0.1) is 0 Å². The van der Waals surface area contributed by atoms with Crippen LogP contribution in [0.15, 0.2) is 11.6 Å². The molecule has 24 heavy (non-hydrogen) atoms. The number of hydrogen-bond donors (Lipinski definition) is 0. The minimum Gasteiger partial charge on any atom is -0.461 e. The topological polar surface area (TPSA) is 26.3 Å². The lowest BCUT2D eigenvalue weighted by molar-refractivity contribution is -0.147. The minimum absolute atomic E-state index is 0.0115. The molecule has 2 nitrogen and oxygen atoms in total. The van der Waals surface area contributed by atoms with Gasteiger partial charge in [-0.25, -0.2) is 0 Å². The highest BCUT2D eigenvalue weighted by Gasteiger charge is 2.61. The number of hydrogen-bond acceptors (Lipinski definition) is 2. The summed E-state index contributed by atoms with van der Waals surface area (Å²) in [6, 6.07) is 0. The molecule has 1 aliphatic rings. The third-order valence-corrected chi connectivity index (χ3v) is 6.19. The van der Waals surface area contributed by atoms with Gasteiger partial charge in [-0.3, -0.25) is 4.79 Å². The number of esters is 1. The van der Waals surface area contributed by atoms with Crippen LogP contribution in [0, 0.1) is 51.9 Å². The molecule has 1 saturated carbocycles. The van der Waals surface area contributed by atoms with E-state index in [0.717, 1.165) is 0 Å². The fourth-order valence-electron chi connectivity index (χ4n) is 3.83. The van der Waals surface area contributed by atoms with E-state index in [9.17, 15) is 4.79 Å². The van der Waals surface area contributed by atoms with E-state index < -0.39 is 0 Å². The van der Waals surface area contributed by atoms with E-state index in [-0.39, 0.29) is 17.3 Å². The lowest BCUT2D eigenvalue weighted by atomic mass is 9.90. The third-order valence-electron chi connectivity index (χ3n) is 6.19. The molecule has 0 N–H and O–H groups in total. The van der Waals surface area contributed by atoms with Gasteiger partial charge in [0.1, 0.15) is 6.61 Å². The predicted molar refractivity (Wildman–Crippen MR) is 100 cm³/mol. The second-order valence-corrected chi connectivity index (χ2v) is 8.28. The maximum absolute atomic E-state index is 12.6. The van der Waals surface area contributed by atoms with Gasteiger partial charge < -0.3 is 4.74 Å². The predicted octanol–water partition coefficient (Wildman–Crippen LogP) is 5.51. The monoisotopic (exact) mass is 328 g/mol. The quantitative estimate of drug-likeness (QED) is 0.538. The smallest absolute Gasteiger partial charge is 0.310 e. The van der Waals surface area contributed by atoms with E-state index >= 15 is 0 Å². The zero-order valence-corrected chi connectivity index (χ0v) is 16.8. The summed E-state index contributed by atoms with van der Waals surface area (Å²) in [5.41, 5.74) is 8.89. The zero-order valence-electron chi connectivity index (χ0n) is 16.8. The Balaban J connectivity index is 2.16. The van der Waals surface area contributed by atoms with Gasteiger partial charge >= 0.3 is 5.97 Å². The van der Waals surface area contributed by atoms with Crippen LogP contribution in [0.25, 0.3) is 0 Å². The van der Waals surface area contributed by atoms with Crippen LogP contribution in [0.2, 0.25) is 0 Å². The van der Waals surface area contributed by atoms with Gasteiger partial charge in [0.25, 0.3) is 0 Å². The van der Waals surface area contributed by atoms with E-state index in [4.69, 9.17) is 4.74 Å². The molecule has 2 heteroatoms. The Morgan fingerprint density at radius 3 is 1.88 bits per heavy atom. The summed E-state index contributed by atoms with van der Waals surface area (Å²) < 4.78 is 5.74. The number of carbonyl (C=O) groups is 1. The van der Waals surface area contributed by atoms with Crippen LogP contribution < -0.4 is 0 Å². The number of carbonyl (C=O) groups excluding carboxylic acids is 1. The van der Waals surface area contributed by atoms with Crippen LogP contribution in [-0.2, 0) is 16.1 Å². The van der Waals surface area contributed by atoms with Crippen molar-refractivity contribution in [2.45, 2.75) is 68.9 Å². The van der Waals surface area contributed by atoms with Gasteiger partial charge in [0.15, 0.2) is 0 Å². The average Bonchev–Trinajstić information content (AvgIpc) is 3.02. The summed E-state index contributed by atoms with van der Waals surface area (Å²) in [5, 5.41) is 0. The Kier molecular flexibility index (Phi) is 4.99. The molecule has 0 amide bonds. The normalized spacial score (nSPS) is 21.4. The Hall–Kier alpha value is -1.57. The summed E-state index contributed by atoms with van der Waals surface area (Å²) >= 11 is 0. The molecule has 0 aliphatic heterocycles. The van der Waals surface area contributed by atoms with Gasteiger partial charge in [-0.2, -0.15) is 0 Å². The molecule has 1 aromatic rings. The maximum Gasteiger partial charge on any atom is 0.310 e. The van der Waals surface area contributed by atoms with E-state index in [1.165, 1.54) is 39.0 Å². The van der Waals surface area contributed by atoms with Crippen molar-refractivity contribution in [2.75, 3.05) is 0 Å². The van der Waals surface area contributed by atoms with Crippen LogP contribution in [0.1, 0.15) is 61.1 Å². The molecule has 132 valence electrons. The second kappa shape index (κ2) is 6.38. The van der Waals surface area contributed by atoms with Crippen molar-refractivity contribution < 1.29 is 9.53 Å². The third kappa shape index (κ3) is 3.16. The molecule has 0 bridgehead atoms. The van der Waals surface area contributed by atoms with E-state index in [1.54, 1.807) is 0 Å². The summed E-state index contributed by atoms with van der Waals surface area (Å²) in [5.74, 6) is 0.233.